The topological polar surface area (TPSA) is 154 Å². The molecule has 12 nitrogen and oxygen atoms in total. The zero-order valence-corrected chi connectivity index (χ0v) is 26.4. The number of alkyl halides is 3. The van der Waals surface area contributed by atoms with Crippen LogP contribution in [0.3, 0.4) is 0 Å². The largest absolute Gasteiger partial charge is 0.444 e. The summed E-state index contributed by atoms with van der Waals surface area (Å²) in [6.07, 6.45) is -3.74. The highest BCUT2D eigenvalue weighted by atomic mass is 19.4. The molecule has 0 atom stereocenters. The van der Waals surface area contributed by atoms with Crippen molar-refractivity contribution in [2.45, 2.75) is 45.5 Å². The van der Waals surface area contributed by atoms with E-state index >= 15 is 0 Å². The summed E-state index contributed by atoms with van der Waals surface area (Å²) in [7, 11) is 0. The molecule has 3 amide bonds. The first-order valence-corrected chi connectivity index (χ1v) is 14.9. The van der Waals surface area contributed by atoms with Crippen molar-refractivity contribution in [3.63, 3.8) is 0 Å². The van der Waals surface area contributed by atoms with Crippen LogP contribution in [0.15, 0.2) is 48.8 Å². The Morgan fingerprint density at radius 3 is 2.35 bits per heavy atom. The Morgan fingerprint density at radius 1 is 1.04 bits per heavy atom. The van der Waals surface area contributed by atoms with Crippen molar-refractivity contribution >= 4 is 34.8 Å². The molecule has 2 aromatic carbocycles. The Kier molecular flexibility index (Phi) is 9.44. The summed E-state index contributed by atoms with van der Waals surface area (Å²) in [5, 5.41) is 18.8. The minimum absolute atomic E-state index is 0.0241. The van der Waals surface area contributed by atoms with Crippen LogP contribution in [0.1, 0.15) is 37.6 Å². The van der Waals surface area contributed by atoms with Crippen LogP contribution in [0.4, 0.5) is 44.3 Å². The van der Waals surface area contributed by atoms with Crippen molar-refractivity contribution in [1.82, 2.24) is 24.4 Å². The van der Waals surface area contributed by atoms with Crippen molar-refractivity contribution in [3.8, 4) is 17.2 Å². The van der Waals surface area contributed by atoms with E-state index in [1.807, 2.05) is 20.8 Å². The third-order valence-electron chi connectivity index (χ3n) is 7.59. The molecule has 3 heterocycles. The van der Waals surface area contributed by atoms with Gasteiger partial charge in [-0.1, -0.05) is 12.1 Å². The molecule has 0 radical (unpaired) electrons. The summed E-state index contributed by atoms with van der Waals surface area (Å²) >= 11 is 0. The van der Waals surface area contributed by atoms with Gasteiger partial charge in [0.1, 0.15) is 23.3 Å². The molecule has 16 heteroatoms. The van der Waals surface area contributed by atoms with Crippen molar-refractivity contribution in [2.75, 3.05) is 42.5 Å². The normalized spacial score (nSPS) is 14.1. The summed E-state index contributed by atoms with van der Waals surface area (Å²) in [6, 6.07) is 9.43. The number of nitrogen functional groups attached to an aromatic ring is 1. The number of aromatic nitrogens is 3. The SMILES string of the molecule is CC(C)(C)OC(=O)N1CCN(Cc2c(CC#N)c(-c3ccc(NC(=O)Nc4cc(C(F)(F)F)ccc4F)cc3)c3c(N)ncnn23)CC1. The summed E-state index contributed by atoms with van der Waals surface area (Å²) in [5.74, 6) is -0.843. The van der Waals surface area contributed by atoms with Gasteiger partial charge in [-0.3, -0.25) is 4.90 Å². The number of nitrogens with two attached hydrogens (primary N) is 1. The molecular formula is C32H33F4N9O3. The van der Waals surface area contributed by atoms with Crippen LogP contribution in [-0.4, -0.2) is 68.3 Å². The van der Waals surface area contributed by atoms with Crippen LogP contribution in [-0.2, 0) is 23.9 Å². The third kappa shape index (κ3) is 7.58. The lowest BCUT2D eigenvalue weighted by Gasteiger charge is -2.35. The average Bonchev–Trinajstić information content (AvgIpc) is 3.31. The first kappa shape index (κ1) is 33.9. The molecular weight excluding hydrogens is 634 g/mol. The number of amides is 3. The molecule has 0 saturated carbocycles. The Morgan fingerprint density at radius 2 is 1.73 bits per heavy atom. The molecule has 48 heavy (non-hydrogen) atoms. The van der Waals surface area contributed by atoms with E-state index in [1.165, 1.54) is 6.33 Å². The van der Waals surface area contributed by atoms with Crippen LogP contribution >= 0.6 is 0 Å². The molecule has 0 spiro atoms. The van der Waals surface area contributed by atoms with E-state index in [4.69, 9.17) is 10.5 Å². The van der Waals surface area contributed by atoms with E-state index in [9.17, 15) is 32.4 Å². The van der Waals surface area contributed by atoms with E-state index in [1.54, 1.807) is 33.7 Å². The molecule has 0 bridgehead atoms. The van der Waals surface area contributed by atoms with Gasteiger partial charge in [-0.15, -0.1) is 0 Å². The fourth-order valence-corrected chi connectivity index (χ4v) is 5.39. The predicted molar refractivity (Wildman–Crippen MR) is 169 cm³/mol. The highest BCUT2D eigenvalue weighted by Gasteiger charge is 2.32. The molecule has 4 aromatic rings. The number of hydrogen-bond acceptors (Lipinski definition) is 8. The first-order chi connectivity index (χ1) is 22.6. The van der Waals surface area contributed by atoms with Crippen LogP contribution in [0.2, 0.25) is 0 Å². The highest BCUT2D eigenvalue weighted by Crippen LogP contribution is 2.37. The molecule has 0 unspecified atom stereocenters. The molecule has 4 N–H and O–H groups in total. The highest BCUT2D eigenvalue weighted by molar-refractivity contribution is 6.00. The summed E-state index contributed by atoms with van der Waals surface area (Å²) in [4.78, 5) is 33.1. The minimum Gasteiger partial charge on any atom is -0.444 e. The fourth-order valence-electron chi connectivity index (χ4n) is 5.39. The predicted octanol–water partition coefficient (Wildman–Crippen LogP) is 5.90. The fraction of sp³-hybridized carbons (Fsp3) is 0.344. The van der Waals surface area contributed by atoms with Gasteiger partial charge in [0, 0.05) is 44.0 Å². The lowest BCUT2D eigenvalue weighted by Crippen LogP contribution is -2.49. The Labute approximate surface area is 273 Å². The number of nitrogens with zero attached hydrogens (tertiary/aromatic N) is 6. The van der Waals surface area contributed by atoms with Crippen molar-refractivity contribution in [1.29, 1.82) is 5.26 Å². The van der Waals surface area contributed by atoms with Crippen molar-refractivity contribution in [3.05, 3.63) is 71.4 Å². The Hall–Kier alpha value is -5.43. The second kappa shape index (κ2) is 13.4. The maximum atomic E-state index is 14.1. The van der Waals surface area contributed by atoms with Gasteiger partial charge in [0.2, 0.25) is 0 Å². The summed E-state index contributed by atoms with van der Waals surface area (Å²) in [6.45, 7) is 7.87. The van der Waals surface area contributed by atoms with Gasteiger partial charge in [0.25, 0.3) is 0 Å². The minimum atomic E-state index is -4.71. The lowest BCUT2D eigenvalue weighted by atomic mass is 9.98. The van der Waals surface area contributed by atoms with E-state index in [-0.39, 0.29) is 24.0 Å². The lowest BCUT2D eigenvalue weighted by molar-refractivity contribution is -0.137. The first-order valence-electron chi connectivity index (χ1n) is 14.9. The molecule has 2 aromatic heterocycles. The number of benzene rings is 2. The zero-order chi connectivity index (χ0) is 34.8. The average molecular weight is 668 g/mol. The second-order valence-electron chi connectivity index (χ2n) is 12.1. The molecule has 1 aliphatic rings. The number of nitriles is 1. The number of carbonyl (C=O) groups excluding carboxylic acids is 2. The number of rotatable bonds is 6. The van der Waals surface area contributed by atoms with Crippen LogP contribution in [0.5, 0.6) is 0 Å². The number of halogens is 4. The second-order valence-corrected chi connectivity index (χ2v) is 12.1. The molecule has 1 aliphatic heterocycles. The maximum Gasteiger partial charge on any atom is 0.416 e. The molecule has 1 fully saturated rings. The molecule has 0 aliphatic carbocycles. The molecule has 252 valence electrons. The number of carbonyl (C=O) groups is 2. The van der Waals surface area contributed by atoms with Crippen molar-refractivity contribution < 1.29 is 31.9 Å². The Balaban J connectivity index is 1.37. The van der Waals surface area contributed by atoms with Gasteiger partial charge in [0.15, 0.2) is 5.82 Å². The van der Waals surface area contributed by atoms with E-state index in [0.29, 0.717) is 73.1 Å². The monoisotopic (exact) mass is 667 g/mol. The number of hydrogen-bond donors (Lipinski definition) is 3. The van der Waals surface area contributed by atoms with E-state index < -0.39 is 34.9 Å². The van der Waals surface area contributed by atoms with E-state index in [0.717, 1.165) is 5.69 Å². The summed E-state index contributed by atoms with van der Waals surface area (Å²) in [5.41, 5.74) is 7.41. The van der Waals surface area contributed by atoms with Gasteiger partial charge < -0.3 is 26.0 Å². The number of piperazine rings is 1. The Bertz CT molecular complexity index is 1870. The molecule has 5 rings (SSSR count). The van der Waals surface area contributed by atoms with Gasteiger partial charge in [-0.05, 0) is 62.2 Å². The van der Waals surface area contributed by atoms with Gasteiger partial charge >= 0.3 is 18.3 Å². The number of nitrogens with one attached hydrogen (secondary N) is 2. The third-order valence-corrected chi connectivity index (χ3v) is 7.59. The van der Waals surface area contributed by atoms with E-state index in [2.05, 4.69) is 31.7 Å². The number of fused-ring (bicyclic) bond motifs is 1. The molecule has 1 saturated heterocycles. The zero-order valence-electron chi connectivity index (χ0n) is 26.4. The number of anilines is 3. The van der Waals surface area contributed by atoms with Crippen LogP contribution in [0, 0.1) is 17.1 Å². The number of ether oxygens (including phenoxy) is 1. The van der Waals surface area contributed by atoms with Crippen molar-refractivity contribution in [2.24, 2.45) is 0 Å². The quantitative estimate of drug-likeness (QED) is 0.215. The van der Waals surface area contributed by atoms with Gasteiger partial charge in [-0.25, -0.2) is 23.5 Å². The van der Waals surface area contributed by atoms with Gasteiger partial charge in [0.05, 0.1) is 29.4 Å². The maximum absolute atomic E-state index is 14.1. The van der Waals surface area contributed by atoms with Gasteiger partial charge in [-0.2, -0.15) is 23.5 Å². The number of urea groups is 1. The smallest absolute Gasteiger partial charge is 0.416 e. The standard InChI is InChI=1S/C32H33F4N9O3/c1-31(2,3)48-30(47)44-14-12-43(13-15-44)17-25-22(10-11-37)26(27-28(38)39-18-40-45(25)27)19-4-7-21(8-5-19)41-29(46)42-24-16-20(32(34,35)36)6-9-23(24)33/h4-9,16,18H,10,12-15,17H2,1-3H3,(H2,38,39,40)(H2,41,42,46). The van der Waals surface area contributed by atoms with Crippen LogP contribution < -0.4 is 16.4 Å². The van der Waals surface area contributed by atoms with Crippen LogP contribution in [0.25, 0.3) is 16.6 Å². The summed E-state index contributed by atoms with van der Waals surface area (Å²) < 4.78 is 60.5.